The summed E-state index contributed by atoms with van der Waals surface area (Å²) >= 11 is 0. The quantitative estimate of drug-likeness (QED) is 0.464. The topological polar surface area (TPSA) is 74.5 Å². The van der Waals surface area contributed by atoms with Crippen LogP contribution in [0.4, 0.5) is 0 Å². The first kappa shape index (κ1) is 20.8. The Morgan fingerprint density at radius 2 is 1.69 bits per heavy atom. The summed E-state index contributed by atoms with van der Waals surface area (Å²) in [6.45, 7) is 0. The molecule has 0 fully saturated rings. The summed E-state index contributed by atoms with van der Waals surface area (Å²) in [5.41, 5.74) is 2.76. The number of aliphatic imine (C=N–C) groups is 1. The van der Waals surface area contributed by atoms with Crippen molar-refractivity contribution in [2.45, 2.75) is 0 Å². The van der Waals surface area contributed by atoms with Crippen molar-refractivity contribution in [3.8, 4) is 11.5 Å². The summed E-state index contributed by atoms with van der Waals surface area (Å²) in [6.07, 6.45) is 6.91. The molecule has 3 aromatic rings. The maximum absolute atomic E-state index is 13.1. The Hall–Kier alpha value is -4.45. The van der Waals surface area contributed by atoms with E-state index in [1.807, 2.05) is 66.7 Å². The van der Waals surface area contributed by atoms with E-state index < -0.39 is 0 Å². The third kappa shape index (κ3) is 4.65. The molecule has 0 saturated carbocycles. The van der Waals surface area contributed by atoms with Gasteiger partial charge in [0.05, 0.1) is 13.3 Å². The molecule has 0 bridgehead atoms. The fraction of sp³-hybridized carbons (Fsp3) is 0.0385. The maximum atomic E-state index is 13.1. The SMILES string of the molecule is COc1cc(C=NN2C(=O)C(=CC=Cc3ccccc3)N=C2c2ccccc2)ccc1O. The molecule has 0 saturated heterocycles. The zero-order chi connectivity index (χ0) is 22.3. The molecule has 1 aliphatic heterocycles. The number of hydrogen-bond donors (Lipinski definition) is 1. The van der Waals surface area contributed by atoms with E-state index in [-0.39, 0.29) is 17.4 Å². The fourth-order valence-electron chi connectivity index (χ4n) is 3.12. The Kier molecular flexibility index (Phi) is 6.22. The third-order valence-electron chi connectivity index (χ3n) is 4.74. The largest absolute Gasteiger partial charge is 0.504 e. The normalized spacial score (nSPS) is 15.2. The Bertz CT molecular complexity index is 1230. The molecule has 4 rings (SSSR count). The lowest BCUT2D eigenvalue weighted by molar-refractivity contribution is -0.122. The number of carbonyl (C=O) groups excluding carboxylic acids is 1. The van der Waals surface area contributed by atoms with Crippen molar-refractivity contribution in [3.63, 3.8) is 0 Å². The predicted molar refractivity (Wildman–Crippen MR) is 126 cm³/mol. The highest BCUT2D eigenvalue weighted by Gasteiger charge is 2.30. The molecule has 0 atom stereocenters. The number of carbonyl (C=O) groups is 1. The smallest absolute Gasteiger partial charge is 0.298 e. The number of hydrogen-bond acceptors (Lipinski definition) is 5. The summed E-state index contributed by atoms with van der Waals surface area (Å²) in [7, 11) is 1.47. The summed E-state index contributed by atoms with van der Waals surface area (Å²) in [5.74, 6) is 0.467. The van der Waals surface area contributed by atoms with Gasteiger partial charge in [0.15, 0.2) is 17.3 Å². The number of rotatable bonds is 6. The molecular formula is C26H21N3O3. The minimum atomic E-state index is -0.330. The van der Waals surface area contributed by atoms with Crippen molar-refractivity contribution in [1.29, 1.82) is 0 Å². The summed E-state index contributed by atoms with van der Waals surface area (Å²) in [4.78, 5) is 17.6. The van der Waals surface area contributed by atoms with Crippen molar-refractivity contribution in [1.82, 2.24) is 5.01 Å². The molecule has 32 heavy (non-hydrogen) atoms. The van der Waals surface area contributed by atoms with Crippen LogP contribution in [0.25, 0.3) is 6.08 Å². The monoisotopic (exact) mass is 423 g/mol. The summed E-state index contributed by atoms with van der Waals surface area (Å²) < 4.78 is 5.13. The molecule has 6 nitrogen and oxygen atoms in total. The standard InChI is InChI=1S/C26H21N3O3/c1-32-24-17-20(15-16-23(24)30)18-27-29-25(21-12-6-3-7-13-21)28-22(26(29)31)14-8-11-19-9-4-2-5-10-19/h2-18,30H,1H3. The molecule has 0 aromatic heterocycles. The van der Waals surface area contributed by atoms with Crippen LogP contribution in [0.5, 0.6) is 11.5 Å². The van der Waals surface area contributed by atoms with E-state index in [0.717, 1.165) is 11.1 Å². The molecule has 0 unspecified atom stereocenters. The van der Waals surface area contributed by atoms with Gasteiger partial charge in [0.25, 0.3) is 5.91 Å². The highest BCUT2D eigenvalue weighted by Crippen LogP contribution is 2.26. The number of aromatic hydroxyl groups is 1. The number of nitrogens with zero attached hydrogens (tertiary/aromatic N) is 3. The number of hydrazone groups is 1. The van der Waals surface area contributed by atoms with Crippen molar-refractivity contribution >= 4 is 24.0 Å². The van der Waals surface area contributed by atoms with E-state index >= 15 is 0 Å². The number of phenolic OH excluding ortho intramolecular Hbond substituents is 1. The van der Waals surface area contributed by atoms with Gasteiger partial charge in [-0.25, -0.2) is 4.99 Å². The third-order valence-corrected chi connectivity index (χ3v) is 4.74. The van der Waals surface area contributed by atoms with E-state index in [1.54, 1.807) is 24.3 Å². The number of allylic oxidation sites excluding steroid dienone is 2. The zero-order valence-corrected chi connectivity index (χ0v) is 17.4. The van der Waals surface area contributed by atoms with Crippen LogP contribution < -0.4 is 4.74 Å². The van der Waals surface area contributed by atoms with E-state index in [1.165, 1.54) is 24.4 Å². The van der Waals surface area contributed by atoms with Crippen LogP contribution in [0.3, 0.4) is 0 Å². The molecule has 0 spiro atoms. The lowest BCUT2D eigenvalue weighted by Gasteiger charge is -2.12. The molecule has 0 aliphatic carbocycles. The molecule has 1 N–H and O–H groups in total. The number of amidine groups is 1. The molecule has 0 radical (unpaired) electrons. The van der Waals surface area contributed by atoms with E-state index in [9.17, 15) is 9.90 Å². The summed E-state index contributed by atoms with van der Waals surface area (Å²) in [6, 6.07) is 24.1. The Labute approximate surface area is 186 Å². The van der Waals surface area contributed by atoms with Crippen molar-refractivity contribution in [2.75, 3.05) is 7.11 Å². The second kappa shape index (κ2) is 9.57. The van der Waals surface area contributed by atoms with E-state index in [0.29, 0.717) is 17.1 Å². The molecule has 6 heteroatoms. The van der Waals surface area contributed by atoms with Crippen LogP contribution >= 0.6 is 0 Å². The first-order valence-electron chi connectivity index (χ1n) is 9.98. The van der Waals surface area contributed by atoms with Gasteiger partial charge < -0.3 is 9.84 Å². The Balaban J connectivity index is 1.64. The average Bonchev–Trinajstić information content (AvgIpc) is 3.15. The van der Waals surface area contributed by atoms with Crippen LogP contribution in [0.1, 0.15) is 16.7 Å². The number of amides is 1. The highest BCUT2D eigenvalue weighted by molar-refractivity contribution is 6.18. The second-order valence-electron chi connectivity index (χ2n) is 6.92. The first-order chi connectivity index (χ1) is 15.7. The van der Waals surface area contributed by atoms with Crippen molar-refractivity contribution in [3.05, 3.63) is 113 Å². The molecule has 3 aromatic carbocycles. The number of methoxy groups -OCH3 is 1. The minimum absolute atomic E-state index is 0.0314. The van der Waals surface area contributed by atoms with E-state index in [2.05, 4.69) is 10.1 Å². The minimum Gasteiger partial charge on any atom is -0.504 e. The van der Waals surface area contributed by atoms with Crippen LogP contribution in [0.15, 0.2) is 107 Å². The lowest BCUT2D eigenvalue weighted by Crippen LogP contribution is -2.27. The number of benzene rings is 3. The first-order valence-corrected chi connectivity index (χ1v) is 9.98. The average molecular weight is 423 g/mol. The fourth-order valence-corrected chi connectivity index (χ4v) is 3.12. The predicted octanol–water partition coefficient (Wildman–Crippen LogP) is 4.62. The van der Waals surface area contributed by atoms with Gasteiger partial charge in [0.1, 0.15) is 5.70 Å². The summed E-state index contributed by atoms with van der Waals surface area (Å²) in [5, 5.41) is 15.4. The van der Waals surface area contributed by atoms with Gasteiger partial charge in [-0.05, 0) is 35.4 Å². The van der Waals surface area contributed by atoms with Crippen molar-refractivity contribution < 1.29 is 14.6 Å². The second-order valence-corrected chi connectivity index (χ2v) is 6.92. The van der Waals surface area contributed by atoms with Gasteiger partial charge in [0, 0.05) is 5.56 Å². The molecule has 1 aliphatic rings. The van der Waals surface area contributed by atoms with Gasteiger partial charge in [-0.3, -0.25) is 4.79 Å². The molecule has 1 amide bonds. The molecular weight excluding hydrogens is 402 g/mol. The zero-order valence-electron chi connectivity index (χ0n) is 17.4. The van der Waals surface area contributed by atoms with Crippen LogP contribution in [-0.2, 0) is 4.79 Å². The highest BCUT2D eigenvalue weighted by atomic mass is 16.5. The molecule has 158 valence electrons. The maximum Gasteiger partial charge on any atom is 0.298 e. The van der Waals surface area contributed by atoms with Gasteiger partial charge >= 0.3 is 0 Å². The van der Waals surface area contributed by atoms with Gasteiger partial charge in [-0.1, -0.05) is 72.8 Å². The van der Waals surface area contributed by atoms with E-state index in [4.69, 9.17) is 4.74 Å². The Morgan fingerprint density at radius 3 is 2.41 bits per heavy atom. The van der Waals surface area contributed by atoms with Gasteiger partial charge in [-0.2, -0.15) is 10.1 Å². The van der Waals surface area contributed by atoms with Crippen LogP contribution in [0.2, 0.25) is 0 Å². The Morgan fingerprint density at radius 1 is 0.969 bits per heavy atom. The van der Waals surface area contributed by atoms with Crippen molar-refractivity contribution in [2.24, 2.45) is 10.1 Å². The molecule has 1 heterocycles. The van der Waals surface area contributed by atoms with Gasteiger partial charge in [0.2, 0.25) is 0 Å². The number of ether oxygens (including phenoxy) is 1. The number of phenols is 1. The van der Waals surface area contributed by atoms with Crippen LogP contribution in [0, 0.1) is 0 Å². The van der Waals surface area contributed by atoms with Crippen LogP contribution in [-0.4, -0.2) is 35.2 Å². The van der Waals surface area contributed by atoms with Gasteiger partial charge in [-0.15, -0.1) is 0 Å². The lowest BCUT2D eigenvalue weighted by atomic mass is 10.2.